The molecule has 0 saturated carbocycles. The van der Waals surface area contributed by atoms with E-state index in [1.165, 1.54) is 33.9 Å². The molecular weight excluding hydrogens is 288 g/mol. The summed E-state index contributed by atoms with van der Waals surface area (Å²) in [6.45, 7) is -0.0372. The standard InChI is InChI=1S/C13H9F2NOS2/c14-10-4-3-5-11(15)9(10)8-16-18-12-6-1-2-7-13(12)19(16)17/h1-7H,8H2/t19-/m0/s1. The Morgan fingerprint density at radius 2 is 1.74 bits per heavy atom. The topological polar surface area (TPSA) is 20.3 Å². The van der Waals surface area contributed by atoms with E-state index in [0.29, 0.717) is 4.90 Å². The minimum Gasteiger partial charge on any atom is -0.236 e. The van der Waals surface area contributed by atoms with Gasteiger partial charge in [0.1, 0.15) is 22.6 Å². The minimum atomic E-state index is -1.39. The Bertz CT molecular complexity index is 643. The van der Waals surface area contributed by atoms with E-state index in [2.05, 4.69) is 0 Å². The molecule has 0 fully saturated rings. The third-order valence-electron chi connectivity index (χ3n) is 2.77. The van der Waals surface area contributed by atoms with Gasteiger partial charge in [-0.1, -0.05) is 18.2 Å². The molecule has 0 aromatic heterocycles. The lowest BCUT2D eigenvalue weighted by atomic mass is 10.2. The zero-order valence-corrected chi connectivity index (χ0v) is 11.3. The SMILES string of the molecule is O=[S@]1c2ccccc2SN1Cc1c(F)cccc1F. The maximum absolute atomic E-state index is 13.6. The van der Waals surface area contributed by atoms with Crippen molar-refractivity contribution < 1.29 is 13.0 Å². The van der Waals surface area contributed by atoms with Crippen LogP contribution in [0.1, 0.15) is 5.56 Å². The first-order valence-electron chi connectivity index (χ1n) is 5.56. The summed E-state index contributed by atoms with van der Waals surface area (Å²) in [5.74, 6) is -1.23. The van der Waals surface area contributed by atoms with Gasteiger partial charge in [0.15, 0.2) is 0 Å². The van der Waals surface area contributed by atoms with Gasteiger partial charge in [0.25, 0.3) is 0 Å². The quantitative estimate of drug-likeness (QED) is 0.791. The van der Waals surface area contributed by atoms with Crippen molar-refractivity contribution in [3.8, 4) is 0 Å². The molecule has 19 heavy (non-hydrogen) atoms. The van der Waals surface area contributed by atoms with Crippen molar-refractivity contribution in [2.45, 2.75) is 16.3 Å². The van der Waals surface area contributed by atoms with Gasteiger partial charge in [-0.3, -0.25) is 0 Å². The summed E-state index contributed by atoms with van der Waals surface area (Å²) in [5, 5.41) is 0. The Morgan fingerprint density at radius 3 is 2.42 bits per heavy atom. The fraction of sp³-hybridized carbons (Fsp3) is 0.0769. The second kappa shape index (κ2) is 5.03. The van der Waals surface area contributed by atoms with Crippen LogP contribution in [0.5, 0.6) is 0 Å². The number of rotatable bonds is 2. The molecule has 1 heterocycles. The van der Waals surface area contributed by atoms with Crippen LogP contribution in [0.15, 0.2) is 52.3 Å². The average Bonchev–Trinajstić information content (AvgIpc) is 2.72. The van der Waals surface area contributed by atoms with Gasteiger partial charge in [0.2, 0.25) is 0 Å². The Hall–Kier alpha value is -1.24. The maximum atomic E-state index is 13.6. The van der Waals surface area contributed by atoms with Crippen molar-refractivity contribution in [3.63, 3.8) is 0 Å². The normalized spacial score (nSPS) is 18.5. The molecule has 1 atom stereocenters. The summed E-state index contributed by atoms with van der Waals surface area (Å²) in [4.78, 5) is 1.54. The molecule has 1 aliphatic rings. The van der Waals surface area contributed by atoms with E-state index < -0.39 is 22.6 Å². The van der Waals surface area contributed by atoms with Crippen LogP contribution in [0.4, 0.5) is 8.78 Å². The number of halogens is 2. The van der Waals surface area contributed by atoms with Crippen LogP contribution in [0.3, 0.4) is 0 Å². The second-order valence-corrected chi connectivity index (χ2v) is 6.65. The van der Waals surface area contributed by atoms with Gasteiger partial charge in [-0.15, -0.1) is 0 Å². The van der Waals surface area contributed by atoms with E-state index >= 15 is 0 Å². The number of fused-ring (bicyclic) bond motifs is 1. The van der Waals surface area contributed by atoms with Gasteiger partial charge >= 0.3 is 0 Å². The van der Waals surface area contributed by atoms with Crippen LogP contribution < -0.4 is 0 Å². The van der Waals surface area contributed by atoms with Crippen molar-refractivity contribution in [2.75, 3.05) is 0 Å². The zero-order valence-electron chi connectivity index (χ0n) is 9.68. The van der Waals surface area contributed by atoms with Crippen LogP contribution in [-0.4, -0.2) is 7.92 Å². The average molecular weight is 297 g/mol. The Morgan fingerprint density at radius 1 is 1.05 bits per heavy atom. The molecular formula is C13H9F2NOS2. The monoisotopic (exact) mass is 297 g/mol. The summed E-state index contributed by atoms with van der Waals surface area (Å²) < 4.78 is 40.8. The molecule has 0 unspecified atom stereocenters. The van der Waals surface area contributed by atoms with Gasteiger partial charge in [-0.05, 0) is 36.2 Å². The Kier molecular flexibility index (Phi) is 3.38. The van der Waals surface area contributed by atoms with Gasteiger partial charge in [0, 0.05) is 10.5 Å². The van der Waals surface area contributed by atoms with Crippen LogP contribution in [0, 0.1) is 11.6 Å². The molecule has 0 spiro atoms. The molecule has 0 bridgehead atoms. The van der Waals surface area contributed by atoms with E-state index in [9.17, 15) is 13.0 Å². The van der Waals surface area contributed by atoms with E-state index in [1.54, 1.807) is 12.1 Å². The summed E-state index contributed by atoms with van der Waals surface area (Å²) in [6.07, 6.45) is 0. The molecule has 98 valence electrons. The first-order chi connectivity index (χ1) is 9.16. The van der Waals surface area contributed by atoms with Crippen molar-refractivity contribution in [2.24, 2.45) is 0 Å². The van der Waals surface area contributed by atoms with Crippen molar-refractivity contribution in [1.29, 1.82) is 0 Å². The highest BCUT2D eigenvalue weighted by atomic mass is 32.2. The van der Waals surface area contributed by atoms with Crippen molar-refractivity contribution in [1.82, 2.24) is 3.71 Å². The fourth-order valence-corrected chi connectivity index (χ4v) is 4.52. The van der Waals surface area contributed by atoms with Crippen LogP contribution in [-0.2, 0) is 17.5 Å². The maximum Gasteiger partial charge on any atom is 0.139 e. The van der Waals surface area contributed by atoms with Crippen LogP contribution in [0.2, 0.25) is 0 Å². The summed E-state index contributed by atoms with van der Waals surface area (Å²) in [6, 6.07) is 11.0. The Labute approximate surface area is 116 Å². The molecule has 6 heteroatoms. The van der Waals surface area contributed by atoms with Gasteiger partial charge < -0.3 is 0 Å². The molecule has 2 aromatic carbocycles. The number of benzene rings is 2. The van der Waals surface area contributed by atoms with Crippen molar-refractivity contribution >= 4 is 22.9 Å². The van der Waals surface area contributed by atoms with E-state index in [4.69, 9.17) is 0 Å². The van der Waals surface area contributed by atoms with Crippen molar-refractivity contribution in [3.05, 3.63) is 59.7 Å². The third kappa shape index (κ3) is 2.31. The molecule has 0 N–H and O–H groups in total. The molecule has 2 aromatic rings. The van der Waals surface area contributed by atoms with E-state index in [1.807, 2.05) is 12.1 Å². The van der Waals surface area contributed by atoms with Gasteiger partial charge in [-0.2, -0.15) is 3.71 Å². The number of hydrogen-bond donors (Lipinski definition) is 0. The molecule has 3 rings (SSSR count). The molecule has 0 radical (unpaired) electrons. The second-order valence-electron chi connectivity index (χ2n) is 3.98. The first-order valence-corrected chi connectivity index (χ1v) is 7.44. The summed E-state index contributed by atoms with van der Waals surface area (Å²) in [7, 11) is -1.39. The Balaban J connectivity index is 1.89. The highest BCUT2D eigenvalue weighted by Crippen LogP contribution is 2.40. The zero-order chi connectivity index (χ0) is 13.4. The fourth-order valence-electron chi connectivity index (χ4n) is 1.83. The molecule has 0 saturated heterocycles. The highest BCUT2D eigenvalue weighted by Gasteiger charge is 2.29. The largest absolute Gasteiger partial charge is 0.236 e. The smallest absolute Gasteiger partial charge is 0.139 e. The lowest BCUT2D eigenvalue weighted by Gasteiger charge is -2.13. The third-order valence-corrected chi connectivity index (χ3v) is 5.65. The molecule has 1 aliphatic heterocycles. The molecule has 0 aliphatic carbocycles. The lowest BCUT2D eigenvalue weighted by Crippen LogP contribution is -2.15. The summed E-state index contributed by atoms with van der Waals surface area (Å²) in [5.41, 5.74) is -0.0591. The first kappa shape index (κ1) is 12.8. The van der Waals surface area contributed by atoms with Gasteiger partial charge in [0.05, 0.1) is 11.4 Å². The van der Waals surface area contributed by atoms with E-state index in [-0.39, 0.29) is 12.1 Å². The minimum absolute atomic E-state index is 0.0372. The van der Waals surface area contributed by atoms with Crippen LogP contribution in [0.25, 0.3) is 0 Å². The molecule has 0 amide bonds. The lowest BCUT2D eigenvalue weighted by molar-refractivity contribution is 0.530. The number of nitrogens with zero attached hydrogens (tertiary/aromatic N) is 1. The predicted molar refractivity (Wildman–Crippen MR) is 70.6 cm³/mol. The van der Waals surface area contributed by atoms with Crippen LogP contribution >= 0.6 is 11.9 Å². The van der Waals surface area contributed by atoms with Gasteiger partial charge in [-0.25, -0.2) is 13.0 Å². The molecule has 2 nitrogen and oxygen atoms in total. The highest BCUT2D eigenvalue weighted by molar-refractivity contribution is 8.08. The van der Waals surface area contributed by atoms with E-state index in [0.717, 1.165) is 4.90 Å². The number of hydrogen-bond acceptors (Lipinski definition) is 2. The predicted octanol–water partition coefficient (Wildman–Crippen LogP) is 3.51. The summed E-state index contributed by atoms with van der Waals surface area (Å²) >= 11 is 1.26.